The van der Waals surface area contributed by atoms with Gasteiger partial charge in [0.25, 0.3) is 0 Å². The summed E-state index contributed by atoms with van der Waals surface area (Å²) in [6.45, 7) is 5.31. The van der Waals surface area contributed by atoms with Crippen LogP contribution in [0.5, 0.6) is 5.75 Å². The minimum Gasteiger partial charge on any atom is -0.489 e. The van der Waals surface area contributed by atoms with Crippen LogP contribution < -0.4 is 9.64 Å². The molecule has 0 saturated carbocycles. The fraction of sp³-hybridized carbons (Fsp3) is 0.579. The van der Waals surface area contributed by atoms with E-state index in [0.717, 1.165) is 25.1 Å². The summed E-state index contributed by atoms with van der Waals surface area (Å²) in [7, 11) is 3.70. The Morgan fingerprint density at radius 1 is 1.36 bits per heavy atom. The SMILES string of the molecule is CC(C)CC(=O)N1CCC[C@H]1COc1ccc(C(=O)O)cc1N(C)C. The van der Waals surface area contributed by atoms with Gasteiger partial charge in [0, 0.05) is 27.1 Å². The topological polar surface area (TPSA) is 70.1 Å². The lowest BCUT2D eigenvalue weighted by molar-refractivity contribution is -0.133. The quantitative estimate of drug-likeness (QED) is 0.820. The predicted octanol–water partition coefficient (Wildman–Crippen LogP) is 2.87. The first-order valence-electron chi connectivity index (χ1n) is 8.76. The van der Waals surface area contributed by atoms with Crippen LogP contribution in [0.2, 0.25) is 0 Å². The fourth-order valence-corrected chi connectivity index (χ4v) is 3.11. The summed E-state index contributed by atoms with van der Waals surface area (Å²) in [5.41, 5.74) is 0.948. The van der Waals surface area contributed by atoms with Crippen molar-refractivity contribution in [3.05, 3.63) is 23.8 Å². The van der Waals surface area contributed by atoms with Gasteiger partial charge in [-0.3, -0.25) is 4.79 Å². The average Bonchev–Trinajstić information content (AvgIpc) is 3.00. The monoisotopic (exact) mass is 348 g/mol. The van der Waals surface area contributed by atoms with Crippen LogP contribution in [0, 0.1) is 5.92 Å². The molecular formula is C19H28N2O4. The van der Waals surface area contributed by atoms with Crippen LogP contribution in [0.1, 0.15) is 43.5 Å². The summed E-state index contributed by atoms with van der Waals surface area (Å²) in [6.07, 6.45) is 2.50. The third-order valence-electron chi connectivity index (χ3n) is 4.40. The lowest BCUT2D eigenvalue weighted by atomic mass is 10.1. The number of carboxylic acid groups (broad SMARTS) is 1. The number of nitrogens with zero attached hydrogens (tertiary/aromatic N) is 2. The molecule has 1 saturated heterocycles. The smallest absolute Gasteiger partial charge is 0.335 e. The third kappa shape index (κ3) is 4.87. The molecule has 0 aliphatic carbocycles. The minimum atomic E-state index is -0.962. The van der Waals surface area contributed by atoms with E-state index in [1.807, 2.05) is 37.7 Å². The molecule has 1 aliphatic heterocycles. The van der Waals surface area contributed by atoms with E-state index < -0.39 is 5.97 Å². The molecule has 2 rings (SSSR count). The molecular weight excluding hydrogens is 320 g/mol. The van der Waals surface area contributed by atoms with Crippen molar-refractivity contribution >= 4 is 17.6 Å². The number of carbonyl (C=O) groups is 2. The van der Waals surface area contributed by atoms with Crippen LogP contribution >= 0.6 is 0 Å². The molecule has 0 aromatic heterocycles. The Hall–Kier alpha value is -2.24. The molecule has 138 valence electrons. The van der Waals surface area contributed by atoms with Gasteiger partial charge in [0.2, 0.25) is 5.91 Å². The Morgan fingerprint density at radius 2 is 2.08 bits per heavy atom. The van der Waals surface area contributed by atoms with E-state index in [2.05, 4.69) is 0 Å². The molecule has 25 heavy (non-hydrogen) atoms. The van der Waals surface area contributed by atoms with Crippen molar-refractivity contribution in [2.75, 3.05) is 32.1 Å². The van der Waals surface area contributed by atoms with Gasteiger partial charge in [-0.15, -0.1) is 0 Å². The molecule has 0 spiro atoms. The van der Waals surface area contributed by atoms with Crippen molar-refractivity contribution in [2.45, 2.75) is 39.2 Å². The zero-order chi connectivity index (χ0) is 18.6. The number of carbonyl (C=O) groups excluding carboxylic acids is 1. The maximum Gasteiger partial charge on any atom is 0.335 e. The second-order valence-electron chi connectivity index (χ2n) is 7.17. The van der Waals surface area contributed by atoms with Crippen molar-refractivity contribution in [2.24, 2.45) is 5.92 Å². The number of ether oxygens (including phenoxy) is 1. The summed E-state index contributed by atoms with van der Waals surface area (Å²) in [4.78, 5) is 27.3. The Bertz CT molecular complexity index is 628. The molecule has 1 fully saturated rings. The highest BCUT2D eigenvalue weighted by Gasteiger charge is 2.29. The van der Waals surface area contributed by atoms with E-state index in [9.17, 15) is 9.59 Å². The second-order valence-corrected chi connectivity index (χ2v) is 7.17. The van der Waals surface area contributed by atoms with Gasteiger partial charge in [0.1, 0.15) is 12.4 Å². The van der Waals surface area contributed by atoms with Crippen molar-refractivity contribution in [1.29, 1.82) is 0 Å². The van der Waals surface area contributed by atoms with E-state index in [1.165, 1.54) is 0 Å². The standard InChI is InChI=1S/C19H28N2O4/c1-13(2)10-18(22)21-9-5-6-15(21)12-25-17-8-7-14(19(23)24)11-16(17)20(3)4/h7-8,11,13,15H,5-6,9-10,12H2,1-4H3,(H,23,24)/t15-/m0/s1. The highest BCUT2D eigenvalue weighted by Crippen LogP contribution is 2.29. The maximum atomic E-state index is 12.4. The van der Waals surface area contributed by atoms with E-state index >= 15 is 0 Å². The van der Waals surface area contributed by atoms with Crippen molar-refractivity contribution in [1.82, 2.24) is 4.90 Å². The van der Waals surface area contributed by atoms with Gasteiger partial charge < -0.3 is 19.6 Å². The third-order valence-corrected chi connectivity index (χ3v) is 4.40. The van der Waals surface area contributed by atoms with Gasteiger partial charge in [-0.1, -0.05) is 13.8 Å². The first-order valence-corrected chi connectivity index (χ1v) is 8.76. The zero-order valence-corrected chi connectivity index (χ0v) is 15.5. The van der Waals surface area contributed by atoms with E-state index in [-0.39, 0.29) is 17.5 Å². The fourth-order valence-electron chi connectivity index (χ4n) is 3.11. The molecule has 0 radical (unpaired) electrons. The number of aromatic carboxylic acids is 1. The largest absolute Gasteiger partial charge is 0.489 e. The molecule has 1 atom stereocenters. The van der Waals surface area contributed by atoms with E-state index in [4.69, 9.17) is 9.84 Å². The average molecular weight is 348 g/mol. The summed E-state index contributed by atoms with van der Waals surface area (Å²) in [6, 6.07) is 4.92. The summed E-state index contributed by atoms with van der Waals surface area (Å²) >= 11 is 0. The van der Waals surface area contributed by atoms with E-state index in [0.29, 0.717) is 24.7 Å². The molecule has 1 heterocycles. The van der Waals surface area contributed by atoms with Gasteiger partial charge in [0.15, 0.2) is 0 Å². The number of rotatable bonds is 7. The van der Waals surface area contributed by atoms with Crippen molar-refractivity contribution < 1.29 is 19.4 Å². The van der Waals surface area contributed by atoms with Gasteiger partial charge in [0.05, 0.1) is 17.3 Å². The van der Waals surface area contributed by atoms with Crippen LogP contribution in [0.4, 0.5) is 5.69 Å². The van der Waals surface area contributed by atoms with Gasteiger partial charge in [-0.25, -0.2) is 4.79 Å². The zero-order valence-electron chi connectivity index (χ0n) is 15.5. The number of hydrogen-bond acceptors (Lipinski definition) is 4. The van der Waals surface area contributed by atoms with Gasteiger partial charge in [-0.05, 0) is 37.0 Å². The summed E-state index contributed by atoms with van der Waals surface area (Å²) in [5, 5.41) is 9.15. The molecule has 6 heteroatoms. The van der Waals surface area contributed by atoms with Gasteiger partial charge in [-0.2, -0.15) is 0 Å². The first kappa shape index (κ1) is 19.1. The predicted molar refractivity (Wildman–Crippen MR) is 97.4 cm³/mol. The minimum absolute atomic E-state index is 0.0837. The summed E-state index contributed by atoms with van der Waals surface area (Å²) in [5.74, 6) is 0.211. The second kappa shape index (κ2) is 8.23. The van der Waals surface area contributed by atoms with Gasteiger partial charge >= 0.3 is 5.97 Å². The van der Waals surface area contributed by atoms with Crippen LogP contribution in [-0.4, -0.2) is 55.2 Å². The molecule has 1 N–H and O–H groups in total. The lowest BCUT2D eigenvalue weighted by Crippen LogP contribution is -2.39. The highest BCUT2D eigenvalue weighted by atomic mass is 16.5. The Labute approximate surface area is 149 Å². The number of amides is 1. The number of benzene rings is 1. The Morgan fingerprint density at radius 3 is 2.68 bits per heavy atom. The number of anilines is 1. The Balaban J connectivity index is 2.07. The molecule has 6 nitrogen and oxygen atoms in total. The highest BCUT2D eigenvalue weighted by molar-refractivity contribution is 5.89. The first-order chi connectivity index (χ1) is 11.8. The van der Waals surface area contributed by atoms with Crippen LogP contribution in [-0.2, 0) is 4.79 Å². The van der Waals surface area contributed by atoms with E-state index in [1.54, 1.807) is 18.2 Å². The number of carboxylic acids is 1. The molecule has 0 unspecified atom stereocenters. The molecule has 1 aromatic rings. The molecule has 1 aliphatic rings. The van der Waals surface area contributed by atoms with Crippen LogP contribution in [0.15, 0.2) is 18.2 Å². The summed E-state index contributed by atoms with van der Waals surface area (Å²) < 4.78 is 5.97. The van der Waals surface area contributed by atoms with Crippen molar-refractivity contribution in [3.8, 4) is 5.75 Å². The number of hydrogen-bond donors (Lipinski definition) is 1. The Kier molecular flexibility index (Phi) is 6.28. The van der Waals surface area contributed by atoms with Crippen molar-refractivity contribution in [3.63, 3.8) is 0 Å². The molecule has 0 bridgehead atoms. The molecule has 1 aromatic carbocycles. The van der Waals surface area contributed by atoms with Crippen LogP contribution in [0.25, 0.3) is 0 Å². The normalized spacial score (nSPS) is 17.0. The van der Waals surface area contributed by atoms with Crippen LogP contribution in [0.3, 0.4) is 0 Å². The molecule has 1 amide bonds. The number of likely N-dealkylation sites (tertiary alicyclic amines) is 1. The maximum absolute atomic E-state index is 12.4. The lowest BCUT2D eigenvalue weighted by Gasteiger charge is -2.26.